The number of carboxylic acids is 1. The maximum atomic E-state index is 13.0. The second-order valence-electron chi connectivity index (χ2n) is 10.1. The summed E-state index contributed by atoms with van der Waals surface area (Å²) >= 11 is 6.47. The van der Waals surface area contributed by atoms with Gasteiger partial charge in [-0.05, 0) is 68.5 Å². The lowest BCUT2D eigenvalue weighted by atomic mass is 9.86. The maximum Gasteiger partial charge on any atom is 0.306 e. The summed E-state index contributed by atoms with van der Waals surface area (Å²) in [5.41, 5.74) is 3.57. The van der Waals surface area contributed by atoms with Crippen molar-refractivity contribution in [3.63, 3.8) is 0 Å². The summed E-state index contributed by atoms with van der Waals surface area (Å²) < 4.78 is 20.2. The van der Waals surface area contributed by atoms with Crippen molar-refractivity contribution in [2.24, 2.45) is 5.92 Å². The highest BCUT2D eigenvalue weighted by Gasteiger charge is 2.33. The third-order valence-corrected chi connectivity index (χ3v) is 7.97. The summed E-state index contributed by atoms with van der Waals surface area (Å²) in [6, 6.07) is 15.4. The van der Waals surface area contributed by atoms with Crippen molar-refractivity contribution in [3.8, 4) is 17.2 Å². The zero-order valence-corrected chi connectivity index (χ0v) is 22.8. The molecule has 1 saturated carbocycles. The predicted molar refractivity (Wildman–Crippen MR) is 147 cm³/mol. The van der Waals surface area contributed by atoms with E-state index in [4.69, 9.17) is 25.8 Å². The Morgan fingerprint density at radius 2 is 1.85 bits per heavy atom. The summed E-state index contributed by atoms with van der Waals surface area (Å²) in [5, 5.41) is 12.9. The molecular formula is C30H33ClN2O6. The van der Waals surface area contributed by atoms with E-state index in [9.17, 15) is 14.7 Å². The van der Waals surface area contributed by atoms with Crippen LogP contribution in [0.5, 0.6) is 11.5 Å². The smallest absolute Gasteiger partial charge is 0.306 e. The lowest BCUT2D eigenvalue weighted by molar-refractivity contribution is -0.142. The molecule has 2 aliphatic rings. The van der Waals surface area contributed by atoms with Crippen molar-refractivity contribution in [1.82, 2.24) is 9.88 Å². The minimum absolute atomic E-state index is 0.00667. The number of benzene rings is 2. The fourth-order valence-electron chi connectivity index (χ4n) is 5.76. The van der Waals surface area contributed by atoms with Crippen molar-refractivity contribution in [3.05, 3.63) is 76.6 Å². The largest absolute Gasteiger partial charge is 0.493 e. The number of methoxy groups -OCH3 is 2. The number of carbonyl (C=O) groups is 2. The van der Waals surface area contributed by atoms with Gasteiger partial charge in [-0.3, -0.25) is 9.59 Å². The number of nitrogens with one attached hydrogen (secondary N) is 1. The van der Waals surface area contributed by atoms with Crippen LogP contribution in [0.25, 0.3) is 5.69 Å². The molecule has 5 rings (SSSR count). The van der Waals surface area contributed by atoms with Crippen LogP contribution in [-0.2, 0) is 14.3 Å². The molecule has 0 radical (unpaired) electrons. The van der Waals surface area contributed by atoms with Crippen LogP contribution < -0.4 is 14.8 Å². The minimum Gasteiger partial charge on any atom is -0.493 e. The quantitative estimate of drug-likeness (QED) is 0.364. The number of halogens is 1. The van der Waals surface area contributed by atoms with Gasteiger partial charge in [0.05, 0.1) is 37.6 Å². The normalized spacial score (nSPS) is 22.2. The molecule has 1 fully saturated rings. The summed E-state index contributed by atoms with van der Waals surface area (Å²) in [4.78, 5) is 24.2. The van der Waals surface area contributed by atoms with E-state index in [-0.39, 0.29) is 30.4 Å². The summed E-state index contributed by atoms with van der Waals surface area (Å²) in [6.45, 7) is 0. The number of aliphatic carboxylic acids is 1. The zero-order chi connectivity index (χ0) is 27.5. The Bertz CT molecular complexity index is 1350. The van der Waals surface area contributed by atoms with Crippen LogP contribution in [0.4, 0.5) is 0 Å². The first kappa shape index (κ1) is 27.1. The minimum atomic E-state index is -0.752. The second kappa shape index (κ2) is 11.7. The van der Waals surface area contributed by atoms with Crippen LogP contribution in [0.2, 0.25) is 5.02 Å². The number of hydrogen-bond acceptors (Lipinski definition) is 5. The number of ether oxygens (including phenoxy) is 3. The van der Waals surface area contributed by atoms with Gasteiger partial charge in [-0.15, -0.1) is 0 Å². The molecule has 0 unspecified atom stereocenters. The van der Waals surface area contributed by atoms with Gasteiger partial charge in [-0.1, -0.05) is 23.7 Å². The predicted octanol–water partition coefficient (Wildman–Crippen LogP) is 5.85. The van der Waals surface area contributed by atoms with Crippen molar-refractivity contribution in [2.75, 3.05) is 14.2 Å². The number of nitrogens with zero attached hydrogens (tertiary/aromatic N) is 1. The van der Waals surface area contributed by atoms with E-state index >= 15 is 0 Å². The van der Waals surface area contributed by atoms with Crippen molar-refractivity contribution in [1.29, 1.82) is 0 Å². The van der Waals surface area contributed by atoms with Crippen LogP contribution in [0.15, 0.2) is 54.7 Å². The van der Waals surface area contributed by atoms with Gasteiger partial charge in [0.2, 0.25) is 5.91 Å². The lowest BCUT2D eigenvalue weighted by Gasteiger charge is -2.27. The Morgan fingerprint density at radius 1 is 1.05 bits per heavy atom. The molecule has 2 heterocycles. The van der Waals surface area contributed by atoms with E-state index < -0.39 is 12.1 Å². The van der Waals surface area contributed by atoms with Crippen molar-refractivity contribution < 1.29 is 28.9 Å². The molecule has 3 aromatic rings. The molecule has 2 atom stereocenters. The molecular weight excluding hydrogens is 520 g/mol. The maximum absolute atomic E-state index is 13.0. The number of hydrogen-bond donors (Lipinski definition) is 2. The molecule has 1 aliphatic heterocycles. The van der Waals surface area contributed by atoms with Crippen molar-refractivity contribution in [2.45, 2.75) is 56.8 Å². The van der Waals surface area contributed by atoms with Crippen molar-refractivity contribution >= 4 is 23.5 Å². The fourth-order valence-corrected chi connectivity index (χ4v) is 5.94. The molecule has 0 saturated heterocycles. The highest BCUT2D eigenvalue weighted by molar-refractivity contribution is 6.30. The number of amides is 1. The van der Waals surface area contributed by atoms with E-state index in [1.54, 1.807) is 14.2 Å². The summed E-state index contributed by atoms with van der Waals surface area (Å²) in [5.74, 6) is 0.0511. The highest BCUT2D eigenvalue weighted by atomic mass is 35.5. The molecule has 39 heavy (non-hydrogen) atoms. The van der Waals surface area contributed by atoms with Crippen LogP contribution in [0.3, 0.4) is 0 Å². The third kappa shape index (κ3) is 5.63. The average molecular weight is 553 g/mol. The number of rotatable bonds is 8. The molecule has 9 heteroatoms. The van der Waals surface area contributed by atoms with E-state index in [0.29, 0.717) is 48.6 Å². The van der Waals surface area contributed by atoms with E-state index in [2.05, 4.69) is 9.88 Å². The summed E-state index contributed by atoms with van der Waals surface area (Å²) in [7, 11) is 3.20. The second-order valence-corrected chi connectivity index (χ2v) is 10.5. The van der Waals surface area contributed by atoms with Gasteiger partial charge < -0.3 is 29.2 Å². The van der Waals surface area contributed by atoms with E-state index in [1.807, 2.05) is 54.7 Å². The Morgan fingerprint density at radius 3 is 2.56 bits per heavy atom. The molecule has 8 nitrogen and oxygen atoms in total. The number of carboxylic acid groups (broad SMARTS) is 1. The first-order valence-electron chi connectivity index (χ1n) is 13.2. The highest BCUT2D eigenvalue weighted by Crippen LogP contribution is 2.46. The Balaban J connectivity index is 1.41. The number of aromatic nitrogens is 1. The van der Waals surface area contributed by atoms with E-state index in [1.165, 1.54) is 0 Å². The van der Waals surface area contributed by atoms with Crippen LogP contribution >= 0.6 is 11.6 Å². The standard InChI is InChI=1S/C30H33ClN2O6/c1-37-26-7-3-5-21(29(26)38-2)28-22-17-19(31)10-13-23(22)33-16-4-6-24(33)25(39-28)14-15-27(34)32-20-11-8-18(9-12-20)30(35)36/h3-7,10,13,16-18,20,25,28H,8-9,11-12,14-15H2,1-2H3,(H,32,34)(H,35,36)/t18?,20?,25-,28-/m1/s1. The monoisotopic (exact) mass is 552 g/mol. The van der Waals surface area contributed by atoms with Gasteiger partial charge >= 0.3 is 5.97 Å². The third-order valence-electron chi connectivity index (χ3n) is 7.73. The fraction of sp³-hybridized carbons (Fsp3) is 0.400. The first-order chi connectivity index (χ1) is 18.9. The Hall–Kier alpha value is -3.49. The van der Waals surface area contributed by atoms with Gasteiger partial charge in [0, 0.05) is 34.8 Å². The summed E-state index contributed by atoms with van der Waals surface area (Å²) in [6.07, 6.45) is 4.35. The Kier molecular flexibility index (Phi) is 8.14. The van der Waals surface area contributed by atoms with Gasteiger partial charge in [0.25, 0.3) is 0 Å². The molecule has 0 spiro atoms. The van der Waals surface area contributed by atoms with Crippen LogP contribution in [0, 0.1) is 5.92 Å². The lowest BCUT2D eigenvalue weighted by Crippen LogP contribution is -2.38. The van der Waals surface area contributed by atoms with Gasteiger partial charge in [0.15, 0.2) is 11.5 Å². The van der Waals surface area contributed by atoms with E-state index in [0.717, 1.165) is 22.5 Å². The first-order valence-corrected chi connectivity index (χ1v) is 13.6. The number of fused-ring (bicyclic) bond motifs is 3. The topological polar surface area (TPSA) is 99.0 Å². The zero-order valence-electron chi connectivity index (χ0n) is 22.1. The molecule has 2 N–H and O–H groups in total. The molecule has 0 bridgehead atoms. The Labute approximate surface area is 232 Å². The van der Waals surface area contributed by atoms with Gasteiger partial charge in [-0.2, -0.15) is 0 Å². The van der Waals surface area contributed by atoms with Crippen LogP contribution in [0.1, 0.15) is 67.6 Å². The molecule has 1 amide bonds. The SMILES string of the molecule is COc1cccc([C@H]2O[C@H](CCC(=O)NC3CCC(C(=O)O)CC3)c3cccn3-c3ccc(Cl)cc32)c1OC. The van der Waals surface area contributed by atoms with Crippen LogP contribution in [-0.4, -0.2) is 41.8 Å². The molecule has 206 valence electrons. The van der Waals surface area contributed by atoms with Gasteiger partial charge in [-0.25, -0.2) is 0 Å². The average Bonchev–Trinajstić information content (AvgIpc) is 3.38. The number of para-hydroxylation sites is 1. The van der Waals surface area contributed by atoms with Gasteiger partial charge in [0.1, 0.15) is 6.10 Å². The molecule has 1 aliphatic carbocycles. The molecule has 2 aromatic carbocycles. The number of carbonyl (C=O) groups excluding carboxylic acids is 1. The molecule has 1 aromatic heterocycles.